The average Bonchev–Trinajstić information content (AvgIpc) is 2.31. The summed E-state index contributed by atoms with van der Waals surface area (Å²) < 4.78 is 0. The molecule has 0 bridgehead atoms. The van der Waals surface area contributed by atoms with E-state index in [2.05, 4.69) is 12.2 Å². The van der Waals surface area contributed by atoms with Crippen molar-refractivity contribution in [1.82, 2.24) is 5.32 Å². The maximum absolute atomic E-state index is 3.59. The molecule has 2 aliphatic rings. The fraction of sp³-hybridized carbons (Fsp3) is 1.00. The van der Waals surface area contributed by atoms with E-state index in [1.54, 1.807) is 0 Å². The van der Waals surface area contributed by atoms with Gasteiger partial charge >= 0.3 is 0 Å². The zero-order valence-corrected chi connectivity index (χ0v) is 10.3. The van der Waals surface area contributed by atoms with E-state index < -0.39 is 0 Å². The van der Waals surface area contributed by atoms with Gasteiger partial charge in [-0.25, -0.2) is 0 Å². The largest absolute Gasteiger partial charge is 0.316 e. The highest BCUT2D eigenvalue weighted by molar-refractivity contribution is 4.84. The van der Waals surface area contributed by atoms with E-state index in [1.807, 2.05) is 0 Å². The zero-order chi connectivity index (χ0) is 10.5. The lowest BCUT2D eigenvalue weighted by atomic mass is 9.70. The Labute approximate surface area is 95.0 Å². The van der Waals surface area contributed by atoms with Gasteiger partial charge in [-0.3, -0.25) is 0 Å². The van der Waals surface area contributed by atoms with Crippen molar-refractivity contribution >= 4 is 0 Å². The molecule has 0 spiro atoms. The van der Waals surface area contributed by atoms with E-state index in [9.17, 15) is 0 Å². The highest BCUT2D eigenvalue weighted by Crippen LogP contribution is 2.38. The summed E-state index contributed by atoms with van der Waals surface area (Å²) in [4.78, 5) is 0. The zero-order valence-electron chi connectivity index (χ0n) is 10.3. The van der Waals surface area contributed by atoms with E-state index in [4.69, 9.17) is 0 Å². The molecule has 2 fully saturated rings. The van der Waals surface area contributed by atoms with Crippen molar-refractivity contribution in [3.63, 3.8) is 0 Å². The number of hydrogen-bond donors (Lipinski definition) is 1. The van der Waals surface area contributed by atoms with Crippen LogP contribution in [-0.4, -0.2) is 13.1 Å². The van der Waals surface area contributed by atoms with Crippen LogP contribution in [-0.2, 0) is 0 Å². The Hall–Kier alpha value is -0.0400. The SMILES string of the molecule is CCCC1CNCCC1C1CCCCC1. The minimum absolute atomic E-state index is 0.992. The fourth-order valence-electron chi connectivity index (χ4n) is 3.81. The maximum atomic E-state index is 3.59. The number of nitrogens with one attached hydrogen (secondary N) is 1. The lowest BCUT2D eigenvalue weighted by Gasteiger charge is -2.39. The summed E-state index contributed by atoms with van der Waals surface area (Å²) in [5.41, 5.74) is 0. The summed E-state index contributed by atoms with van der Waals surface area (Å²) in [7, 11) is 0. The predicted molar refractivity (Wildman–Crippen MR) is 65.9 cm³/mol. The Bertz CT molecular complexity index is 159. The molecule has 1 aliphatic heterocycles. The van der Waals surface area contributed by atoms with Crippen LogP contribution in [0.5, 0.6) is 0 Å². The summed E-state index contributed by atoms with van der Waals surface area (Å²) in [6, 6.07) is 0. The van der Waals surface area contributed by atoms with E-state index in [-0.39, 0.29) is 0 Å². The standard InChI is InChI=1S/C14H27N/c1-2-6-13-11-15-10-9-14(13)12-7-4-3-5-8-12/h12-15H,2-11H2,1H3. The van der Waals surface area contributed by atoms with Crippen LogP contribution in [0, 0.1) is 17.8 Å². The minimum Gasteiger partial charge on any atom is -0.316 e. The van der Waals surface area contributed by atoms with Crippen molar-refractivity contribution in [2.45, 2.75) is 58.3 Å². The van der Waals surface area contributed by atoms with Gasteiger partial charge in [0.25, 0.3) is 0 Å². The third kappa shape index (κ3) is 2.96. The first-order valence-electron chi connectivity index (χ1n) is 7.12. The highest BCUT2D eigenvalue weighted by atomic mass is 14.9. The van der Waals surface area contributed by atoms with Crippen LogP contribution >= 0.6 is 0 Å². The van der Waals surface area contributed by atoms with Crippen molar-refractivity contribution in [3.05, 3.63) is 0 Å². The van der Waals surface area contributed by atoms with Gasteiger partial charge in [-0.15, -0.1) is 0 Å². The molecule has 15 heavy (non-hydrogen) atoms. The summed E-state index contributed by atoms with van der Waals surface area (Å²) in [6.07, 6.45) is 11.9. The smallest absolute Gasteiger partial charge is 0.00178 e. The Balaban J connectivity index is 1.90. The molecular formula is C14H27N. The van der Waals surface area contributed by atoms with Crippen LogP contribution in [0.2, 0.25) is 0 Å². The van der Waals surface area contributed by atoms with Crippen LogP contribution < -0.4 is 5.32 Å². The van der Waals surface area contributed by atoms with Crippen molar-refractivity contribution in [2.75, 3.05) is 13.1 Å². The van der Waals surface area contributed by atoms with Crippen molar-refractivity contribution in [2.24, 2.45) is 17.8 Å². The molecule has 0 aromatic rings. The third-order valence-electron chi connectivity index (χ3n) is 4.58. The lowest BCUT2D eigenvalue weighted by Crippen LogP contribution is -2.40. The molecule has 1 N–H and O–H groups in total. The predicted octanol–water partition coefficient (Wildman–Crippen LogP) is 3.59. The lowest BCUT2D eigenvalue weighted by molar-refractivity contribution is 0.132. The second-order valence-corrected chi connectivity index (χ2v) is 5.60. The van der Waals surface area contributed by atoms with Crippen LogP contribution in [0.15, 0.2) is 0 Å². The van der Waals surface area contributed by atoms with Crippen LogP contribution in [0.1, 0.15) is 58.3 Å². The molecule has 0 amide bonds. The molecular weight excluding hydrogens is 182 g/mol. The van der Waals surface area contributed by atoms with E-state index in [0.717, 1.165) is 17.8 Å². The fourth-order valence-corrected chi connectivity index (χ4v) is 3.81. The molecule has 2 atom stereocenters. The Morgan fingerprint density at radius 1 is 1.07 bits per heavy atom. The van der Waals surface area contributed by atoms with E-state index in [1.165, 1.54) is 64.5 Å². The first-order valence-corrected chi connectivity index (χ1v) is 7.12. The van der Waals surface area contributed by atoms with Gasteiger partial charge in [0.2, 0.25) is 0 Å². The monoisotopic (exact) mass is 209 g/mol. The van der Waals surface area contributed by atoms with Gasteiger partial charge in [0.05, 0.1) is 0 Å². The Morgan fingerprint density at radius 3 is 2.60 bits per heavy atom. The minimum atomic E-state index is 0.992. The highest BCUT2D eigenvalue weighted by Gasteiger charge is 2.31. The molecule has 1 aliphatic carbocycles. The summed E-state index contributed by atoms with van der Waals surface area (Å²) in [6.45, 7) is 4.92. The third-order valence-corrected chi connectivity index (χ3v) is 4.58. The van der Waals surface area contributed by atoms with Crippen molar-refractivity contribution < 1.29 is 0 Å². The first-order chi connectivity index (χ1) is 7.42. The van der Waals surface area contributed by atoms with Gasteiger partial charge < -0.3 is 5.32 Å². The molecule has 2 rings (SSSR count). The Kier molecular flexibility index (Phi) is 4.49. The van der Waals surface area contributed by atoms with Crippen molar-refractivity contribution in [1.29, 1.82) is 0 Å². The summed E-state index contributed by atoms with van der Waals surface area (Å²) in [5.74, 6) is 3.13. The molecule has 0 aromatic carbocycles. The Morgan fingerprint density at radius 2 is 1.87 bits per heavy atom. The van der Waals surface area contributed by atoms with Crippen LogP contribution in [0.4, 0.5) is 0 Å². The van der Waals surface area contributed by atoms with Gasteiger partial charge in [0.1, 0.15) is 0 Å². The molecule has 1 heteroatoms. The van der Waals surface area contributed by atoms with Gasteiger partial charge in [0, 0.05) is 0 Å². The molecule has 88 valence electrons. The van der Waals surface area contributed by atoms with Gasteiger partial charge in [0.15, 0.2) is 0 Å². The topological polar surface area (TPSA) is 12.0 Å². The van der Waals surface area contributed by atoms with Gasteiger partial charge in [-0.05, 0) is 43.7 Å². The molecule has 0 radical (unpaired) electrons. The quantitative estimate of drug-likeness (QED) is 0.749. The molecule has 1 saturated carbocycles. The molecule has 1 nitrogen and oxygen atoms in total. The van der Waals surface area contributed by atoms with Crippen LogP contribution in [0.3, 0.4) is 0 Å². The number of piperidine rings is 1. The summed E-state index contributed by atoms with van der Waals surface area (Å²) >= 11 is 0. The summed E-state index contributed by atoms with van der Waals surface area (Å²) in [5, 5.41) is 3.59. The number of hydrogen-bond acceptors (Lipinski definition) is 1. The number of rotatable bonds is 3. The first kappa shape index (κ1) is 11.4. The van der Waals surface area contributed by atoms with Gasteiger partial charge in [-0.1, -0.05) is 45.4 Å². The van der Waals surface area contributed by atoms with Crippen LogP contribution in [0.25, 0.3) is 0 Å². The van der Waals surface area contributed by atoms with Gasteiger partial charge in [-0.2, -0.15) is 0 Å². The molecule has 1 heterocycles. The molecule has 0 aromatic heterocycles. The van der Waals surface area contributed by atoms with E-state index in [0.29, 0.717) is 0 Å². The maximum Gasteiger partial charge on any atom is -0.00178 e. The second-order valence-electron chi connectivity index (χ2n) is 5.60. The second kappa shape index (κ2) is 5.89. The van der Waals surface area contributed by atoms with Crippen molar-refractivity contribution in [3.8, 4) is 0 Å². The molecule has 1 saturated heterocycles. The van der Waals surface area contributed by atoms with E-state index >= 15 is 0 Å². The normalized spacial score (nSPS) is 34.2. The molecule has 2 unspecified atom stereocenters. The average molecular weight is 209 g/mol.